The zero-order chi connectivity index (χ0) is 20.1. The quantitative estimate of drug-likeness (QED) is 0.624. The number of benzene rings is 2. The van der Waals surface area contributed by atoms with Crippen molar-refractivity contribution in [2.45, 2.75) is 58.7 Å². The molecule has 0 spiro atoms. The van der Waals surface area contributed by atoms with Gasteiger partial charge in [0.15, 0.2) is 8.32 Å². The third-order valence-corrected chi connectivity index (χ3v) is 9.63. The minimum Gasteiger partial charge on any atom is -0.497 e. The van der Waals surface area contributed by atoms with Gasteiger partial charge in [0.05, 0.1) is 20.3 Å². The van der Waals surface area contributed by atoms with E-state index in [1.54, 1.807) is 7.11 Å². The molecule has 2 aromatic rings. The van der Waals surface area contributed by atoms with Crippen molar-refractivity contribution in [3.63, 3.8) is 0 Å². The Morgan fingerprint density at radius 2 is 1.56 bits per heavy atom. The Morgan fingerprint density at radius 3 is 2.19 bits per heavy atom. The average Bonchev–Trinajstić information content (AvgIpc) is 2.64. The molecule has 0 unspecified atom stereocenters. The average molecular weight is 389 g/mol. The molecule has 0 amide bonds. The molecule has 0 radical (unpaired) electrons. The first kappa shape index (κ1) is 21.5. The van der Waals surface area contributed by atoms with Gasteiger partial charge in [-0.05, 0) is 65.2 Å². The highest BCUT2D eigenvalue weighted by Gasteiger charge is 2.36. The summed E-state index contributed by atoms with van der Waals surface area (Å²) in [5.41, 5.74) is 2.88. The van der Waals surface area contributed by atoms with E-state index in [-0.39, 0.29) is 11.6 Å². The molecule has 27 heavy (non-hydrogen) atoms. The topological polar surface area (TPSA) is 47.9 Å². The summed E-state index contributed by atoms with van der Waals surface area (Å²) in [6.07, 6.45) is 0. The van der Waals surface area contributed by atoms with Crippen LogP contribution in [0.5, 0.6) is 11.5 Å². The SMILES string of the molecule is COc1cc(CO)cc(COc2cccc(CO[Si](C)(C)C(C)(C)C)c2)c1. The number of hydrogen-bond acceptors (Lipinski definition) is 4. The molecule has 2 rings (SSSR count). The van der Waals surface area contributed by atoms with Crippen LogP contribution >= 0.6 is 0 Å². The molecular formula is C22H32O4Si. The highest BCUT2D eigenvalue weighted by atomic mass is 28.4. The van der Waals surface area contributed by atoms with Crippen molar-refractivity contribution in [3.8, 4) is 11.5 Å². The first-order chi connectivity index (χ1) is 12.6. The van der Waals surface area contributed by atoms with E-state index in [0.29, 0.717) is 13.2 Å². The lowest BCUT2D eigenvalue weighted by molar-refractivity contribution is 0.273. The van der Waals surface area contributed by atoms with Crippen molar-refractivity contribution < 1.29 is 19.0 Å². The lowest BCUT2D eigenvalue weighted by atomic mass is 10.1. The molecular weight excluding hydrogens is 356 g/mol. The minimum absolute atomic E-state index is 0.0233. The number of rotatable bonds is 8. The summed E-state index contributed by atoms with van der Waals surface area (Å²) in [7, 11) is -0.158. The van der Waals surface area contributed by atoms with Crippen LogP contribution in [0.2, 0.25) is 18.1 Å². The number of ether oxygens (including phenoxy) is 2. The summed E-state index contributed by atoms with van der Waals surface area (Å²) < 4.78 is 17.5. The molecule has 0 aliphatic heterocycles. The molecule has 5 heteroatoms. The van der Waals surface area contributed by atoms with E-state index >= 15 is 0 Å². The monoisotopic (exact) mass is 388 g/mol. The van der Waals surface area contributed by atoms with Gasteiger partial charge in [-0.15, -0.1) is 0 Å². The summed E-state index contributed by atoms with van der Waals surface area (Å²) in [5.74, 6) is 1.52. The summed E-state index contributed by atoms with van der Waals surface area (Å²) in [6.45, 7) is 12.2. The van der Waals surface area contributed by atoms with Crippen molar-refractivity contribution >= 4 is 8.32 Å². The molecule has 0 heterocycles. The Bertz CT molecular complexity index is 728. The van der Waals surface area contributed by atoms with Gasteiger partial charge in [0.25, 0.3) is 0 Å². The second kappa shape index (κ2) is 8.91. The van der Waals surface area contributed by atoms with Crippen LogP contribution in [0.4, 0.5) is 0 Å². The van der Waals surface area contributed by atoms with Crippen LogP contribution in [0.1, 0.15) is 37.5 Å². The third kappa shape index (κ3) is 6.09. The molecule has 2 aromatic carbocycles. The first-order valence-corrected chi connectivity index (χ1v) is 12.2. The summed E-state index contributed by atoms with van der Waals surface area (Å²) in [4.78, 5) is 0. The van der Waals surface area contributed by atoms with Crippen LogP contribution < -0.4 is 9.47 Å². The Labute approximate surface area is 164 Å². The minimum atomic E-state index is -1.78. The van der Waals surface area contributed by atoms with E-state index in [9.17, 15) is 5.11 Å². The Hall–Kier alpha value is -1.82. The predicted molar refractivity (Wildman–Crippen MR) is 112 cm³/mol. The molecule has 0 saturated carbocycles. The molecule has 148 valence electrons. The van der Waals surface area contributed by atoms with Gasteiger partial charge in [0.1, 0.15) is 18.1 Å². The lowest BCUT2D eigenvalue weighted by Crippen LogP contribution is -2.40. The zero-order valence-electron chi connectivity index (χ0n) is 17.3. The van der Waals surface area contributed by atoms with E-state index in [2.05, 4.69) is 39.9 Å². The highest BCUT2D eigenvalue weighted by Crippen LogP contribution is 2.37. The maximum Gasteiger partial charge on any atom is 0.192 e. The Kier molecular flexibility index (Phi) is 7.09. The Balaban J connectivity index is 2.02. The normalized spacial score (nSPS) is 12.1. The molecule has 0 saturated heterocycles. The Morgan fingerprint density at radius 1 is 0.889 bits per heavy atom. The highest BCUT2D eigenvalue weighted by molar-refractivity contribution is 6.74. The summed E-state index contributed by atoms with van der Waals surface area (Å²) in [5, 5.41) is 9.57. The van der Waals surface area contributed by atoms with Crippen molar-refractivity contribution in [2.24, 2.45) is 0 Å². The number of aliphatic hydroxyl groups excluding tert-OH is 1. The van der Waals surface area contributed by atoms with E-state index in [1.807, 2.05) is 36.4 Å². The van der Waals surface area contributed by atoms with Gasteiger partial charge in [-0.25, -0.2) is 0 Å². The van der Waals surface area contributed by atoms with Crippen LogP contribution in [-0.2, 0) is 24.2 Å². The van der Waals surface area contributed by atoms with E-state index < -0.39 is 8.32 Å². The molecule has 4 nitrogen and oxygen atoms in total. The maximum atomic E-state index is 9.38. The maximum absolute atomic E-state index is 9.38. The van der Waals surface area contributed by atoms with Gasteiger partial charge in [0, 0.05) is 0 Å². The van der Waals surface area contributed by atoms with Crippen LogP contribution in [-0.4, -0.2) is 20.5 Å². The molecule has 1 N–H and O–H groups in total. The van der Waals surface area contributed by atoms with E-state index in [1.165, 1.54) is 0 Å². The molecule has 0 aliphatic carbocycles. The van der Waals surface area contributed by atoms with Crippen LogP contribution in [0, 0.1) is 0 Å². The van der Waals surface area contributed by atoms with E-state index in [0.717, 1.165) is 28.2 Å². The van der Waals surface area contributed by atoms with Gasteiger partial charge in [-0.3, -0.25) is 0 Å². The second-order valence-electron chi connectivity index (χ2n) is 8.33. The van der Waals surface area contributed by atoms with Crippen LogP contribution in [0.15, 0.2) is 42.5 Å². The zero-order valence-corrected chi connectivity index (χ0v) is 18.3. The van der Waals surface area contributed by atoms with Crippen molar-refractivity contribution in [3.05, 3.63) is 59.2 Å². The summed E-state index contributed by atoms with van der Waals surface area (Å²) >= 11 is 0. The van der Waals surface area contributed by atoms with Gasteiger partial charge >= 0.3 is 0 Å². The largest absolute Gasteiger partial charge is 0.497 e. The van der Waals surface area contributed by atoms with Gasteiger partial charge in [-0.2, -0.15) is 0 Å². The summed E-state index contributed by atoms with van der Waals surface area (Å²) in [6, 6.07) is 13.7. The van der Waals surface area contributed by atoms with E-state index in [4.69, 9.17) is 13.9 Å². The number of hydrogen-bond donors (Lipinski definition) is 1. The number of methoxy groups -OCH3 is 1. The van der Waals surface area contributed by atoms with Crippen LogP contribution in [0.3, 0.4) is 0 Å². The lowest BCUT2D eigenvalue weighted by Gasteiger charge is -2.36. The number of aliphatic hydroxyl groups is 1. The van der Waals surface area contributed by atoms with Gasteiger partial charge in [0.2, 0.25) is 0 Å². The van der Waals surface area contributed by atoms with Gasteiger partial charge < -0.3 is 19.0 Å². The van der Waals surface area contributed by atoms with Crippen LogP contribution in [0.25, 0.3) is 0 Å². The molecule has 0 aliphatic rings. The van der Waals surface area contributed by atoms with Crippen molar-refractivity contribution in [1.29, 1.82) is 0 Å². The standard InChI is InChI=1S/C22H32O4Si/c1-22(2,3)27(5,6)26-16-17-8-7-9-20(11-17)25-15-19-10-18(14-23)12-21(13-19)24-4/h7-13,23H,14-16H2,1-6H3. The fourth-order valence-corrected chi connectivity index (χ4v) is 3.35. The first-order valence-electron chi connectivity index (χ1n) is 9.28. The van der Waals surface area contributed by atoms with Crippen molar-refractivity contribution in [2.75, 3.05) is 7.11 Å². The third-order valence-electron chi connectivity index (χ3n) is 5.15. The second-order valence-corrected chi connectivity index (χ2v) is 13.1. The molecule has 0 atom stereocenters. The molecule has 0 fully saturated rings. The fraction of sp³-hybridized carbons (Fsp3) is 0.455. The van der Waals surface area contributed by atoms with Gasteiger partial charge in [-0.1, -0.05) is 32.9 Å². The smallest absolute Gasteiger partial charge is 0.192 e. The molecule has 0 aromatic heterocycles. The fourth-order valence-electron chi connectivity index (χ4n) is 2.39. The predicted octanol–water partition coefficient (Wildman–Crippen LogP) is 5.29. The van der Waals surface area contributed by atoms with Crippen molar-refractivity contribution in [1.82, 2.24) is 0 Å². The molecule has 0 bridgehead atoms.